The van der Waals surface area contributed by atoms with Gasteiger partial charge in [-0.1, -0.05) is 43.0 Å². The maximum atomic E-state index is 13.8. The highest BCUT2D eigenvalue weighted by atomic mass is 32.2. The van der Waals surface area contributed by atoms with Gasteiger partial charge in [0, 0.05) is 10.6 Å². The molecule has 1 amide bonds. The average Bonchev–Trinajstić information content (AvgIpc) is 3.25. The number of nitrogens with one attached hydrogen (secondary N) is 1. The Morgan fingerprint density at radius 2 is 1.97 bits per heavy atom. The number of thiophene rings is 1. The quantitative estimate of drug-likeness (QED) is 0.177. The Hall–Kier alpha value is -3.43. The fourth-order valence-corrected chi connectivity index (χ4v) is 6.84. The first-order valence-electron chi connectivity index (χ1n) is 12.7. The predicted molar refractivity (Wildman–Crippen MR) is 153 cm³/mol. The van der Waals surface area contributed by atoms with E-state index in [-0.39, 0.29) is 23.3 Å². The van der Waals surface area contributed by atoms with Gasteiger partial charge in [-0.15, -0.1) is 11.3 Å². The third kappa shape index (κ3) is 5.54. The summed E-state index contributed by atoms with van der Waals surface area (Å²) in [5.74, 6) is -0.0659. The van der Waals surface area contributed by atoms with E-state index in [4.69, 9.17) is 9.72 Å². The number of hydrogen-bond acceptors (Lipinski definition) is 7. The van der Waals surface area contributed by atoms with Gasteiger partial charge in [-0.3, -0.25) is 14.2 Å². The molecule has 4 aromatic rings. The van der Waals surface area contributed by atoms with Crippen LogP contribution in [0.4, 0.5) is 5.69 Å². The van der Waals surface area contributed by atoms with Crippen LogP contribution >= 0.6 is 23.1 Å². The summed E-state index contributed by atoms with van der Waals surface area (Å²) in [5, 5.41) is 4.02. The molecule has 1 N–H and O–H groups in total. The number of thioether (sulfide) groups is 1. The zero-order valence-electron chi connectivity index (χ0n) is 21.5. The van der Waals surface area contributed by atoms with Crippen LogP contribution in [0.1, 0.15) is 48.0 Å². The molecule has 9 heteroatoms. The summed E-state index contributed by atoms with van der Waals surface area (Å²) in [5.41, 5.74) is 2.63. The number of hydrogen-bond donors (Lipinski definition) is 1. The van der Waals surface area contributed by atoms with E-state index in [0.29, 0.717) is 27.7 Å². The Labute approximate surface area is 229 Å². The molecule has 0 spiro atoms. The number of nitrogens with zero attached hydrogens (tertiary/aromatic N) is 2. The molecule has 0 saturated heterocycles. The highest BCUT2D eigenvalue weighted by Crippen LogP contribution is 2.37. The Morgan fingerprint density at radius 1 is 1.18 bits per heavy atom. The fraction of sp³-hybridized carbons (Fsp3) is 0.310. The third-order valence-corrected chi connectivity index (χ3v) is 8.46. The number of fused-ring (bicyclic) bond motifs is 3. The van der Waals surface area contributed by atoms with E-state index in [1.54, 1.807) is 54.0 Å². The van der Waals surface area contributed by atoms with Gasteiger partial charge in [-0.25, -0.2) is 9.78 Å². The molecule has 2 aromatic carbocycles. The number of carbonyl (C=O) groups is 2. The molecule has 196 valence electrons. The summed E-state index contributed by atoms with van der Waals surface area (Å²) in [7, 11) is 0. The highest BCUT2D eigenvalue weighted by molar-refractivity contribution is 7.99. The van der Waals surface area contributed by atoms with Crippen molar-refractivity contribution in [1.82, 2.24) is 9.55 Å². The van der Waals surface area contributed by atoms with E-state index in [2.05, 4.69) is 12.2 Å². The second kappa shape index (κ2) is 11.1. The van der Waals surface area contributed by atoms with Crippen LogP contribution in [0.5, 0.6) is 0 Å². The lowest BCUT2D eigenvalue weighted by Gasteiger charge is -2.17. The maximum absolute atomic E-state index is 13.8. The average molecular weight is 548 g/mol. The zero-order valence-corrected chi connectivity index (χ0v) is 23.2. The number of aryl methyl sites for hydroxylation is 1. The van der Waals surface area contributed by atoms with Gasteiger partial charge in [-0.2, -0.15) is 0 Å². The van der Waals surface area contributed by atoms with Crippen LogP contribution in [0.2, 0.25) is 0 Å². The van der Waals surface area contributed by atoms with Crippen molar-refractivity contribution in [2.75, 3.05) is 11.1 Å². The van der Waals surface area contributed by atoms with E-state index in [0.717, 1.165) is 35.3 Å². The maximum Gasteiger partial charge on any atom is 0.338 e. The molecule has 2 heterocycles. The number of aromatic nitrogens is 2. The molecule has 0 radical (unpaired) electrons. The molecular formula is C29H29N3O4S2. The fourth-order valence-electron chi connectivity index (χ4n) is 4.61. The summed E-state index contributed by atoms with van der Waals surface area (Å²) in [6.45, 7) is 5.81. The van der Waals surface area contributed by atoms with Crippen molar-refractivity contribution in [2.45, 2.75) is 51.3 Å². The van der Waals surface area contributed by atoms with Crippen molar-refractivity contribution in [2.24, 2.45) is 5.92 Å². The number of esters is 1. The summed E-state index contributed by atoms with van der Waals surface area (Å²) in [6.07, 6.45) is 2.69. The minimum absolute atomic E-state index is 0.0492. The van der Waals surface area contributed by atoms with Crippen LogP contribution in [0, 0.1) is 5.92 Å². The van der Waals surface area contributed by atoms with Gasteiger partial charge in [0.25, 0.3) is 5.56 Å². The van der Waals surface area contributed by atoms with Gasteiger partial charge in [0.05, 0.1) is 28.5 Å². The molecule has 0 bridgehead atoms. The van der Waals surface area contributed by atoms with E-state index in [9.17, 15) is 14.4 Å². The summed E-state index contributed by atoms with van der Waals surface area (Å²) in [6, 6.07) is 16.1. The van der Waals surface area contributed by atoms with E-state index < -0.39 is 5.97 Å². The number of para-hydroxylation sites is 1. The molecule has 7 nitrogen and oxygen atoms in total. The third-order valence-electron chi connectivity index (χ3n) is 6.37. The standard InChI is InChI=1S/C29H29N3O4S2/c1-17(2)36-28(35)19-8-7-9-20(15-19)30-24(33)16-37-29-31-26-25(22-13-12-18(3)14-23(22)38-26)27(34)32(29)21-10-5-4-6-11-21/h4-11,15,17-18H,12-14,16H2,1-3H3,(H,30,33). The lowest BCUT2D eigenvalue weighted by atomic mass is 9.89. The lowest BCUT2D eigenvalue weighted by Crippen LogP contribution is -2.23. The zero-order chi connectivity index (χ0) is 26.8. The Bertz CT molecular complexity index is 1560. The first kappa shape index (κ1) is 26.2. The Morgan fingerprint density at radius 3 is 2.74 bits per heavy atom. The molecule has 0 fully saturated rings. The molecule has 0 aliphatic heterocycles. The van der Waals surface area contributed by atoms with Crippen LogP contribution in [0.25, 0.3) is 15.9 Å². The number of benzene rings is 2. The van der Waals surface area contributed by atoms with E-state index in [1.807, 2.05) is 30.3 Å². The molecule has 0 saturated carbocycles. The van der Waals surface area contributed by atoms with Gasteiger partial charge in [-0.05, 0) is 74.9 Å². The Balaban J connectivity index is 1.42. The minimum Gasteiger partial charge on any atom is -0.459 e. The van der Waals surface area contributed by atoms with E-state index in [1.165, 1.54) is 16.6 Å². The van der Waals surface area contributed by atoms with Crippen LogP contribution in [0.3, 0.4) is 0 Å². The summed E-state index contributed by atoms with van der Waals surface area (Å²) >= 11 is 2.82. The molecule has 38 heavy (non-hydrogen) atoms. The normalized spacial score (nSPS) is 14.9. The SMILES string of the molecule is CC1CCc2c(sc3nc(SCC(=O)Nc4cccc(C(=O)OC(C)C)c4)n(-c4ccccc4)c(=O)c23)C1. The van der Waals surface area contributed by atoms with Crippen molar-refractivity contribution in [1.29, 1.82) is 0 Å². The topological polar surface area (TPSA) is 90.3 Å². The number of ether oxygens (including phenoxy) is 1. The molecule has 1 unspecified atom stereocenters. The van der Waals surface area contributed by atoms with Crippen LogP contribution in [0.15, 0.2) is 64.5 Å². The number of rotatable bonds is 7. The Kier molecular flexibility index (Phi) is 7.67. The van der Waals surface area contributed by atoms with Crippen molar-refractivity contribution in [3.8, 4) is 5.69 Å². The van der Waals surface area contributed by atoms with Crippen molar-refractivity contribution in [3.63, 3.8) is 0 Å². The van der Waals surface area contributed by atoms with Gasteiger partial charge >= 0.3 is 5.97 Å². The molecule has 1 aliphatic rings. The van der Waals surface area contributed by atoms with Gasteiger partial charge in [0.2, 0.25) is 5.91 Å². The minimum atomic E-state index is -0.442. The second-order valence-corrected chi connectivity index (χ2v) is 11.8. The number of amides is 1. The van der Waals surface area contributed by atoms with Crippen LogP contribution in [-0.2, 0) is 22.4 Å². The molecule has 5 rings (SSSR count). The number of carbonyl (C=O) groups excluding carboxylic acids is 2. The largest absolute Gasteiger partial charge is 0.459 e. The van der Waals surface area contributed by atoms with Crippen molar-refractivity contribution >= 4 is 50.9 Å². The second-order valence-electron chi connectivity index (χ2n) is 9.77. The van der Waals surface area contributed by atoms with Gasteiger partial charge in [0.1, 0.15) is 4.83 Å². The van der Waals surface area contributed by atoms with Crippen molar-refractivity contribution in [3.05, 3.63) is 81.0 Å². The lowest BCUT2D eigenvalue weighted by molar-refractivity contribution is -0.113. The summed E-state index contributed by atoms with van der Waals surface area (Å²) < 4.78 is 6.86. The highest BCUT2D eigenvalue weighted by Gasteiger charge is 2.25. The first-order valence-corrected chi connectivity index (χ1v) is 14.5. The van der Waals surface area contributed by atoms with Gasteiger partial charge < -0.3 is 10.1 Å². The van der Waals surface area contributed by atoms with Crippen LogP contribution in [-0.4, -0.2) is 33.3 Å². The molecular weight excluding hydrogens is 518 g/mol. The molecule has 1 aliphatic carbocycles. The molecule has 2 aromatic heterocycles. The predicted octanol–water partition coefficient (Wildman–Crippen LogP) is 5.87. The van der Waals surface area contributed by atoms with Crippen LogP contribution < -0.4 is 10.9 Å². The van der Waals surface area contributed by atoms with E-state index >= 15 is 0 Å². The monoisotopic (exact) mass is 547 g/mol. The smallest absolute Gasteiger partial charge is 0.338 e. The van der Waals surface area contributed by atoms with Gasteiger partial charge in [0.15, 0.2) is 5.16 Å². The number of anilines is 1. The van der Waals surface area contributed by atoms with Crippen molar-refractivity contribution < 1.29 is 14.3 Å². The summed E-state index contributed by atoms with van der Waals surface area (Å²) in [4.78, 5) is 45.8. The molecule has 1 atom stereocenters. The first-order chi connectivity index (χ1) is 18.3.